The maximum Gasteiger partial charge on any atom is 0.326 e. The van der Waals surface area contributed by atoms with Crippen LogP contribution in [0.5, 0.6) is 0 Å². The number of aliphatic carboxylic acids is 1. The zero-order chi connectivity index (χ0) is 25.0. The Kier molecular flexibility index (Phi) is 13.7. The summed E-state index contributed by atoms with van der Waals surface area (Å²) in [5, 5.41) is 26.8. The zero-order valence-corrected chi connectivity index (χ0v) is 19.8. The molecule has 6 unspecified atom stereocenters. The summed E-state index contributed by atoms with van der Waals surface area (Å²) in [7, 11) is 0. The van der Waals surface area contributed by atoms with Crippen molar-refractivity contribution in [2.24, 2.45) is 23.3 Å². The predicted molar refractivity (Wildman–Crippen MR) is 120 cm³/mol. The van der Waals surface area contributed by atoms with Crippen molar-refractivity contribution in [3.63, 3.8) is 0 Å². The molecule has 0 fully saturated rings. The fraction of sp³-hybridized carbons (Fsp3) is 0.810. The summed E-state index contributed by atoms with van der Waals surface area (Å²) in [5.41, 5.74) is 11.4. The summed E-state index contributed by atoms with van der Waals surface area (Å²) in [4.78, 5) is 49.4. The molecule has 3 amide bonds. The molecule has 32 heavy (non-hydrogen) atoms. The minimum Gasteiger partial charge on any atom is -0.480 e. The SMILES string of the molecule is CCC(C)C(NC(=O)C(N)CCCCN)C(=O)NC(C(=O)NC(C(=O)O)C(C)C)C(C)O. The summed E-state index contributed by atoms with van der Waals surface area (Å²) >= 11 is 0. The van der Waals surface area contributed by atoms with Gasteiger partial charge in [0, 0.05) is 0 Å². The second kappa shape index (κ2) is 14.8. The molecule has 0 aromatic carbocycles. The van der Waals surface area contributed by atoms with E-state index in [0.717, 1.165) is 6.42 Å². The Morgan fingerprint density at radius 3 is 1.78 bits per heavy atom. The number of carboxylic acids is 1. The van der Waals surface area contributed by atoms with Gasteiger partial charge in [-0.1, -0.05) is 40.5 Å². The van der Waals surface area contributed by atoms with Gasteiger partial charge in [0.1, 0.15) is 18.1 Å². The first-order valence-corrected chi connectivity index (χ1v) is 11.1. The zero-order valence-electron chi connectivity index (χ0n) is 19.8. The van der Waals surface area contributed by atoms with Crippen LogP contribution >= 0.6 is 0 Å². The van der Waals surface area contributed by atoms with Gasteiger partial charge in [-0.2, -0.15) is 0 Å². The van der Waals surface area contributed by atoms with Crippen molar-refractivity contribution in [1.29, 1.82) is 0 Å². The Balaban J connectivity index is 5.38. The van der Waals surface area contributed by atoms with Crippen LogP contribution in [0.15, 0.2) is 0 Å². The van der Waals surface area contributed by atoms with Crippen LogP contribution in [0.3, 0.4) is 0 Å². The van der Waals surface area contributed by atoms with Crippen molar-refractivity contribution >= 4 is 23.7 Å². The Labute approximate surface area is 190 Å². The number of carboxylic acid groups (broad SMARTS) is 1. The summed E-state index contributed by atoms with van der Waals surface area (Å²) in [6.07, 6.45) is 1.08. The van der Waals surface area contributed by atoms with Crippen LogP contribution in [-0.4, -0.2) is 70.7 Å². The van der Waals surface area contributed by atoms with E-state index in [0.29, 0.717) is 25.8 Å². The molecule has 0 aliphatic carbocycles. The smallest absolute Gasteiger partial charge is 0.326 e. The average molecular weight is 460 g/mol. The molecule has 0 spiro atoms. The van der Waals surface area contributed by atoms with Gasteiger partial charge in [-0.15, -0.1) is 0 Å². The molecule has 0 aromatic rings. The van der Waals surface area contributed by atoms with Crippen LogP contribution in [0, 0.1) is 11.8 Å². The maximum atomic E-state index is 12.9. The largest absolute Gasteiger partial charge is 0.480 e. The molecule has 0 heterocycles. The van der Waals surface area contributed by atoms with Crippen LogP contribution in [0.4, 0.5) is 0 Å². The first-order chi connectivity index (χ1) is 14.9. The number of carbonyl (C=O) groups excluding carboxylic acids is 3. The topological polar surface area (TPSA) is 197 Å². The number of aliphatic hydroxyl groups excluding tert-OH is 1. The van der Waals surface area contributed by atoms with Crippen molar-refractivity contribution < 1.29 is 29.4 Å². The molecule has 6 atom stereocenters. The van der Waals surface area contributed by atoms with Crippen molar-refractivity contribution in [3.05, 3.63) is 0 Å². The highest BCUT2D eigenvalue weighted by Gasteiger charge is 2.34. The van der Waals surface area contributed by atoms with E-state index in [-0.39, 0.29) is 5.92 Å². The Morgan fingerprint density at radius 2 is 1.34 bits per heavy atom. The number of nitrogens with two attached hydrogens (primary N) is 2. The Morgan fingerprint density at radius 1 is 0.844 bits per heavy atom. The van der Waals surface area contributed by atoms with Gasteiger partial charge in [-0.25, -0.2) is 4.79 Å². The fourth-order valence-electron chi connectivity index (χ4n) is 3.01. The summed E-state index contributed by atoms with van der Waals surface area (Å²) in [6, 6.07) is -4.37. The van der Waals surface area contributed by atoms with Gasteiger partial charge in [-0.05, 0) is 38.1 Å². The molecule has 11 nitrogen and oxygen atoms in total. The highest BCUT2D eigenvalue weighted by atomic mass is 16.4. The summed E-state index contributed by atoms with van der Waals surface area (Å²) in [5.74, 6) is -3.91. The average Bonchev–Trinajstić information content (AvgIpc) is 2.72. The molecule has 0 aromatic heterocycles. The lowest BCUT2D eigenvalue weighted by Crippen LogP contribution is -2.61. The lowest BCUT2D eigenvalue weighted by molar-refractivity contribution is -0.144. The van der Waals surface area contributed by atoms with E-state index in [2.05, 4.69) is 16.0 Å². The van der Waals surface area contributed by atoms with Crippen molar-refractivity contribution in [2.45, 2.75) is 90.6 Å². The van der Waals surface area contributed by atoms with Gasteiger partial charge < -0.3 is 37.6 Å². The standard InChI is InChI=1S/C21H41N5O6/c1-6-12(4)16(25-18(28)14(23)9-7-8-10-22)19(29)26-17(13(5)27)20(30)24-15(11(2)3)21(31)32/h11-17,27H,6-10,22-23H2,1-5H3,(H,24,30)(H,25,28)(H,26,29)(H,31,32). The lowest BCUT2D eigenvalue weighted by Gasteiger charge is -2.29. The fourth-order valence-corrected chi connectivity index (χ4v) is 3.01. The predicted octanol–water partition coefficient (Wildman–Crippen LogP) is -0.935. The van der Waals surface area contributed by atoms with Gasteiger partial charge in [0.05, 0.1) is 12.1 Å². The molecule has 9 N–H and O–H groups in total. The quantitative estimate of drug-likeness (QED) is 0.152. The minimum atomic E-state index is -1.40. The number of aliphatic hydroxyl groups is 1. The van der Waals surface area contributed by atoms with E-state index in [1.54, 1.807) is 20.8 Å². The van der Waals surface area contributed by atoms with Gasteiger partial charge in [0.2, 0.25) is 17.7 Å². The second-order valence-electron chi connectivity index (χ2n) is 8.56. The number of hydrogen-bond donors (Lipinski definition) is 7. The molecule has 0 aliphatic heterocycles. The van der Waals surface area contributed by atoms with Crippen molar-refractivity contribution in [2.75, 3.05) is 6.54 Å². The van der Waals surface area contributed by atoms with Crippen LogP contribution in [0.2, 0.25) is 0 Å². The van der Waals surface area contributed by atoms with Gasteiger partial charge in [-0.3, -0.25) is 14.4 Å². The Bertz CT molecular complexity index is 628. The third-order valence-electron chi connectivity index (χ3n) is 5.39. The first kappa shape index (κ1) is 29.8. The van der Waals surface area contributed by atoms with E-state index in [1.165, 1.54) is 6.92 Å². The van der Waals surface area contributed by atoms with E-state index < -0.39 is 59.9 Å². The molecular formula is C21H41N5O6. The third kappa shape index (κ3) is 9.92. The first-order valence-electron chi connectivity index (χ1n) is 11.1. The highest BCUT2D eigenvalue weighted by Crippen LogP contribution is 2.11. The van der Waals surface area contributed by atoms with E-state index in [1.807, 2.05) is 6.92 Å². The van der Waals surface area contributed by atoms with Crippen LogP contribution in [0.1, 0.15) is 60.3 Å². The molecule has 0 saturated heterocycles. The molecular weight excluding hydrogens is 418 g/mol. The van der Waals surface area contributed by atoms with Gasteiger partial charge in [0.25, 0.3) is 0 Å². The molecule has 0 radical (unpaired) electrons. The van der Waals surface area contributed by atoms with Crippen LogP contribution in [0.25, 0.3) is 0 Å². The lowest BCUT2D eigenvalue weighted by atomic mass is 9.96. The summed E-state index contributed by atoms with van der Waals surface area (Å²) in [6.45, 7) is 8.66. The maximum absolute atomic E-state index is 12.9. The Hall–Kier alpha value is -2.24. The number of hydrogen-bond acceptors (Lipinski definition) is 7. The molecule has 0 rings (SSSR count). The second-order valence-corrected chi connectivity index (χ2v) is 8.56. The summed E-state index contributed by atoms with van der Waals surface area (Å²) < 4.78 is 0. The number of nitrogens with one attached hydrogen (secondary N) is 3. The van der Waals surface area contributed by atoms with E-state index >= 15 is 0 Å². The van der Waals surface area contributed by atoms with Crippen molar-refractivity contribution in [1.82, 2.24) is 16.0 Å². The minimum absolute atomic E-state index is 0.282. The molecule has 11 heteroatoms. The number of carbonyl (C=O) groups is 4. The molecule has 0 aliphatic rings. The molecule has 0 saturated carbocycles. The molecule has 0 bridgehead atoms. The van der Waals surface area contributed by atoms with E-state index in [4.69, 9.17) is 11.5 Å². The number of rotatable bonds is 15. The highest BCUT2D eigenvalue weighted by molar-refractivity contribution is 5.94. The molecule has 186 valence electrons. The third-order valence-corrected chi connectivity index (χ3v) is 5.39. The number of amides is 3. The number of unbranched alkanes of at least 4 members (excludes halogenated alkanes) is 1. The van der Waals surface area contributed by atoms with Crippen LogP contribution in [-0.2, 0) is 19.2 Å². The van der Waals surface area contributed by atoms with Gasteiger partial charge in [0.15, 0.2) is 0 Å². The monoisotopic (exact) mass is 459 g/mol. The van der Waals surface area contributed by atoms with Crippen LogP contribution < -0.4 is 27.4 Å². The normalized spacial score (nSPS) is 16.9. The van der Waals surface area contributed by atoms with Gasteiger partial charge >= 0.3 is 5.97 Å². The van der Waals surface area contributed by atoms with Crippen molar-refractivity contribution in [3.8, 4) is 0 Å². The van der Waals surface area contributed by atoms with E-state index in [9.17, 15) is 29.4 Å².